The van der Waals surface area contributed by atoms with Gasteiger partial charge >= 0.3 is 104 Å². The minimum atomic E-state index is -6.38. The second-order valence-corrected chi connectivity index (χ2v) is 23.9. The average Bonchev–Trinajstić information content (AvgIpc) is 3.41. The summed E-state index contributed by atoms with van der Waals surface area (Å²) >= 11 is 0. The van der Waals surface area contributed by atoms with Crippen molar-refractivity contribution < 1.29 is 195 Å². The van der Waals surface area contributed by atoms with Crippen LogP contribution in [-0.2, 0) is 170 Å². The van der Waals surface area contributed by atoms with Crippen molar-refractivity contribution in [1.29, 1.82) is 0 Å². The Balaban J connectivity index is 2.36. The normalized spacial score (nSPS) is 31.9. The zero-order valence-corrected chi connectivity index (χ0v) is 41.9. The van der Waals surface area contributed by atoms with E-state index in [1.54, 1.807) is 0 Å². The van der Waals surface area contributed by atoms with Crippen LogP contribution in [-0.4, -0.2) is 242 Å². The molecular weight excluding hydrogens is 1260 g/mol. The summed E-state index contributed by atoms with van der Waals surface area (Å²) in [6.07, 6.45) is -43.5. The van der Waals surface area contributed by atoms with Crippen molar-refractivity contribution in [2.75, 3.05) is 26.4 Å². The number of rotatable bonds is 28. The van der Waals surface area contributed by atoms with E-state index in [9.17, 15) is 121 Å². The summed E-state index contributed by atoms with van der Waals surface area (Å²) in [7, 11) is -60.5. The number of ether oxygens (including phenoxy) is 5. The van der Waals surface area contributed by atoms with Crippen molar-refractivity contribution >= 4 is 104 Å². The van der Waals surface area contributed by atoms with Gasteiger partial charge in [-0.25, -0.2) is 41.8 Å². The summed E-state index contributed by atoms with van der Waals surface area (Å²) in [5.41, 5.74) is 0. The molecule has 55 heteroatoms. The molecule has 45 nitrogen and oxygen atoms in total. The van der Waals surface area contributed by atoms with Gasteiger partial charge in [0.1, 0.15) is 61.0 Å². The third-order valence-electron chi connectivity index (χ3n) is 8.08. The van der Waals surface area contributed by atoms with E-state index in [1.165, 1.54) is 0 Å². The summed E-state index contributed by atoms with van der Waals surface area (Å²) in [6.45, 7) is -7.48. The number of hydrogen-bond donors (Lipinski definition) is 10. The van der Waals surface area contributed by atoms with Gasteiger partial charge in [-0.2, -0.15) is 84.2 Å². The predicted molar refractivity (Wildman–Crippen MR) is 204 cm³/mol. The molecule has 0 spiro atoms. The smallest absolute Gasteiger partial charge is 0.364 e. The van der Waals surface area contributed by atoms with Crippen molar-refractivity contribution in [3.63, 3.8) is 0 Å². The molecule has 3 rings (SSSR count). The summed E-state index contributed by atoms with van der Waals surface area (Å²) < 4.78 is 398. The lowest BCUT2D eigenvalue weighted by Crippen LogP contribution is -2.67. The molecule has 0 bridgehead atoms. The third kappa shape index (κ3) is 24.4. The first kappa shape index (κ1) is 65.8. The highest BCUT2D eigenvalue weighted by Crippen LogP contribution is 2.38. The lowest BCUT2D eigenvalue weighted by molar-refractivity contribution is -0.349. The van der Waals surface area contributed by atoms with Gasteiger partial charge < -0.3 is 23.7 Å². The van der Waals surface area contributed by atoms with Crippen LogP contribution in [0.3, 0.4) is 0 Å². The van der Waals surface area contributed by atoms with E-state index >= 15 is 0 Å². The molecule has 3 fully saturated rings. The topological polar surface area (TPSA) is 682 Å². The molecule has 3 aliphatic heterocycles. The molecule has 14 atom stereocenters. The van der Waals surface area contributed by atoms with E-state index in [4.69, 9.17) is 32.8 Å². The van der Waals surface area contributed by atoms with Gasteiger partial charge in [-0.05, 0) is 0 Å². The molecule has 3 heterocycles. The molecule has 0 aromatic rings. The highest BCUT2D eigenvalue weighted by Gasteiger charge is 2.59. The molecule has 434 valence electrons. The van der Waals surface area contributed by atoms with Crippen LogP contribution in [0, 0.1) is 0 Å². The van der Waals surface area contributed by atoms with Gasteiger partial charge in [-0.1, -0.05) is 0 Å². The van der Waals surface area contributed by atoms with Crippen molar-refractivity contribution in [2.45, 2.75) is 85.8 Å². The molecule has 73 heavy (non-hydrogen) atoms. The van der Waals surface area contributed by atoms with E-state index in [2.05, 4.69) is 41.8 Å². The fourth-order valence-corrected chi connectivity index (χ4v) is 10.5. The molecular formula is C18H32O45S10. The van der Waals surface area contributed by atoms with Crippen LogP contribution in [0.15, 0.2) is 0 Å². The van der Waals surface area contributed by atoms with Gasteiger partial charge in [-0.15, -0.1) is 0 Å². The predicted octanol–water partition coefficient (Wildman–Crippen LogP) is -8.62. The van der Waals surface area contributed by atoms with E-state index < -0.39 is 216 Å². The molecule has 0 aliphatic carbocycles. The van der Waals surface area contributed by atoms with Crippen molar-refractivity contribution in [1.82, 2.24) is 0 Å². The van der Waals surface area contributed by atoms with Gasteiger partial charge in [0, 0.05) is 0 Å². The first-order chi connectivity index (χ1) is 32.4. The van der Waals surface area contributed by atoms with Crippen molar-refractivity contribution in [2.24, 2.45) is 0 Å². The Hall–Kier alpha value is -1.50. The van der Waals surface area contributed by atoms with Crippen LogP contribution < -0.4 is 0 Å². The molecule has 0 aromatic heterocycles. The highest BCUT2D eigenvalue weighted by molar-refractivity contribution is 7.83. The minimum absolute atomic E-state index is 1.67. The van der Waals surface area contributed by atoms with Crippen LogP contribution in [0.4, 0.5) is 0 Å². The van der Waals surface area contributed by atoms with Crippen LogP contribution in [0.2, 0.25) is 0 Å². The summed E-state index contributed by atoms with van der Waals surface area (Å²) in [4.78, 5) is 0. The average molecular weight is 1290 g/mol. The molecule has 0 radical (unpaired) electrons. The van der Waals surface area contributed by atoms with Crippen molar-refractivity contribution in [3.05, 3.63) is 0 Å². The van der Waals surface area contributed by atoms with Gasteiger partial charge in [0.2, 0.25) is 0 Å². The van der Waals surface area contributed by atoms with Crippen LogP contribution >= 0.6 is 0 Å². The fourth-order valence-electron chi connectivity index (χ4n) is 6.06. The molecule has 0 aromatic carbocycles. The number of hydrogen-bond acceptors (Lipinski definition) is 35. The van der Waals surface area contributed by atoms with E-state index in [1.807, 2.05) is 0 Å². The van der Waals surface area contributed by atoms with E-state index in [0.717, 1.165) is 0 Å². The Kier molecular flexibility index (Phi) is 21.5. The second kappa shape index (κ2) is 23.8. The standard InChI is InChI=1S/C18H32O45S10/c19-64(20,21)50-2-6-9(56-18-16(63-73(46,47)48)14(61-71(40,41)42)12(59-69(34,35)36)8(55-18)4-52-66(25,26)27)13(60-70(37,38)39)15(62-72(43,44)45)17(54-6)49-1-5-10(57-67(28,29)30)11(58-68(31,32)33)7(53-5)3-51-65(22,23)24/h5-18H,1-4H2,(H,19,20,21)(H,22,23,24)(H,25,26,27)(H,28,29,30)(H,31,32,33)(H,34,35,36)(H,37,38,39)(H,40,41,42)(H,43,44,45)(H,46,47,48)/t5-,6-,7-,8-,9?,10-,11-,12-,13+,14+,15-,16-,17-,18-/m1/s1. The Bertz CT molecular complexity index is 3090. The molecule has 0 saturated carbocycles. The van der Waals surface area contributed by atoms with Gasteiger partial charge in [0.15, 0.2) is 24.8 Å². The maximum atomic E-state index is 12.3. The molecule has 0 amide bonds. The van der Waals surface area contributed by atoms with E-state index in [-0.39, 0.29) is 0 Å². The molecule has 3 saturated heterocycles. The third-order valence-corrected chi connectivity index (χ3v) is 12.6. The van der Waals surface area contributed by atoms with Crippen LogP contribution in [0.5, 0.6) is 0 Å². The van der Waals surface area contributed by atoms with Crippen LogP contribution in [0.1, 0.15) is 0 Å². The minimum Gasteiger partial charge on any atom is -0.364 e. The summed E-state index contributed by atoms with van der Waals surface area (Å²) in [5.74, 6) is 0. The molecule has 1 unspecified atom stereocenters. The second-order valence-electron chi connectivity index (χ2n) is 13.3. The lowest BCUT2D eigenvalue weighted by atomic mass is 9.97. The Morgan fingerprint density at radius 1 is 0.260 bits per heavy atom. The quantitative estimate of drug-likeness (QED) is 0.0325. The Morgan fingerprint density at radius 2 is 0.493 bits per heavy atom. The van der Waals surface area contributed by atoms with Gasteiger partial charge in [0.05, 0.1) is 26.4 Å². The molecule has 3 aliphatic rings. The monoisotopic (exact) mass is 1290 g/mol. The zero-order valence-electron chi connectivity index (χ0n) is 33.8. The first-order valence-corrected chi connectivity index (χ1v) is 30.7. The maximum absolute atomic E-state index is 12.3. The largest absolute Gasteiger partial charge is 0.397 e. The van der Waals surface area contributed by atoms with Gasteiger partial charge in [-0.3, -0.25) is 45.5 Å². The molecule has 10 N–H and O–H groups in total. The SMILES string of the molecule is O=S(=O)(O)OC[C@H]1O[C@@H](OC[C@H]2O[C@H](COS(=O)(=O)O)[C@@H](OS(=O)(=O)O)[C@@H]2OS(=O)(=O)O)[C@H](OS(=O)(=O)O)[C@@H](OS(=O)(=O)O)C1O[C@H]1O[C@H](COS(=O)(=O)O)[C@@H](OS(=O)(=O)O)[C@H](OS(=O)(=O)O)[C@H]1OS(=O)(=O)O. The van der Waals surface area contributed by atoms with E-state index in [0.29, 0.717) is 0 Å². The Labute approximate surface area is 409 Å². The van der Waals surface area contributed by atoms with Crippen LogP contribution in [0.25, 0.3) is 0 Å². The summed E-state index contributed by atoms with van der Waals surface area (Å²) in [5, 5.41) is 0. The lowest BCUT2D eigenvalue weighted by Gasteiger charge is -2.48. The van der Waals surface area contributed by atoms with Crippen molar-refractivity contribution in [3.8, 4) is 0 Å². The zero-order chi connectivity index (χ0) is 56.5. The highest BCUT2D eigenvalue weighted by atomic mass is 32.3. The summed E-state index contributed by atoms with van der Waals surface area (Å²) in [6, 6.07) is 0. The fraction of sp³-hybridized carbons (Fsp3) is 1.00. The van der Waals surface area contributed by atoms with Gasteiger partial charge in [0.25, 0.3) is 0 Å². The Morgan fingerprint density at radius 3 is 0.822 bits per heavy atom. The maximum Gasteiger partial charge on any atom is 0.397 e. The first-order valence-electron chi connectivity index (χ1n) is 17.1.